The summed E-state index contributed by atoms with van der Waals surface area (Å²) in [5.74, 6) is -0.861. The van der Waals surface area contributed by atoms with Crippen molar-refractivity contribution in [1.82, 2.24) is 0 Å². The molecule has 6 rings (SSSR count). The Balaban J connectivity index is 1.34. The first-order valence-electron chi connectivity index (χ1n) is 16.6. The van der Waals surface area contributed by atoms with Crippen LogP contribution in [-0.2, 0) is 20.5 Å². The van der Waals surface area contributed by atoms with Gasteiger partial charge in [0.1, 0.15) is 36.6 Å². The summed E-state index contributed by atoms with van der Waals surface area (Å²) in [6.07, 6.45) is -7.81. The summed E-state index contributed by atoms with van der Waals surface area (Å²) < 4.78 is 6.57. The Morgan fingerprint density at radius 3 is 1.02 bits per heavy atom. The second-order valence-corrected chi connectivity index (χ2v) is 12.3. The first-order valence-corrected chi connectivity index (χ1v) is 16.6. The molecule has 0 aromatic heterocycles. The van der Waals surface area contributed by atoms with Crippen molar-refractivity contribution in [2.45, 2.75) is 35.4 Å². The number of carbonyl (C=O) groups is 1. The number of aliphatic hydroxyl groups is 4. The van der Waals surface area contributed by atoms with Gasteiger partial charge in [-0.05, 0) is 33.4 Å². The minimum absolute atomic E-state index is 0.610. The van der Waals surface area contributed by atoms with Crippen molar-refractivity contribution in [3.63, 3.8) is 0 Å². The van der Waals surface area contributed by atoms with E-state index in [9.17, 15) is 25.2 Å². The zero-order valence-electron chi connectivity index (χ0n) is 27.4. The van der Waals surface area contributed by atoms with Crippen LogP contribution in [0.5, 0.6) is 0 Å². The maximum atomic E-state index is 13.8. The minimum atomic E-state index is -2.08. The molecule has 6 nitrogen and oxygen atoms in total. The Kier molecular flexibility index (Phi) is 10.8. The van der Waals surface area contributed by atoms with E-state index in [2.05, 4.69) is 0 Å². The van der Waals surface area contributed by atoms with Gasteiger partial charge in [0.25, 0.3) is 0 Å². The third kappa shape index (κ3) is 6.55. The van der Waals surface area contributed by atoms with E-state index >= 15 is 0 Å². The van der Waals surface area contributed by atoms with Crippen molar-refractivity contribution >= 4 is 5.78 Å². The van der Waals surface area contributed by atoms with E-state index in [0.29, 0.717) is 16.7 Å². The fourth-order valence-corrected chi connectivity index (χ4v) is 6.97. The van der Waals surface area contributed by atoms with Crippen molar-refractivity contribution in [2.24, 2.45) is 0 Å². The molecule has 4 N–H and O–H groups in total. The highest BCUT2D eigenvalue weighted by molar-refractivity contribution is 5.85. The molecule has 0 amide bonds. The molecule has 0 spiro atoms. The normalized spacial score (nSPS) is 14.3. The van der Waals surface area contributed by atoms with Crippen molar-refractivity contribution in [3.8, 4) is 0 Å². The highest BCUT2D eigenvalue weighted by Gasteiger charge is 2.50. The number of hydrogen-bond acceptors (Lipinski definition) is 6. The van der Waals surface area contributed by atoms with Crippen LogP contribution in [0.1, 0.15) is 33.4 Å². The predicted octanol–water partition coefficient (Wildman–Crippen LogP) is 6.04. The molecular weight excluding hydrogens is 624 g/mol. The largest absolute Gasteiger partial charge is 0.389 e. The van der Waals surface area contributed by atoms with E-state index in [4.69, 9.17) is 4.74 Å². The minimum Gasteiger partial charge on any atom is -0.389 e. The van der Waals surface area contributed by atoms with Crippen LogP contribution in [0, 0.1) is 0 Å². The third-order valence-corrected chi connectivity index (χ3v) is 9.43. The summed E-state index contributed by atoms with van der Waals surface area (Å²) in [7, 11) is 0. The smallest absolute Gasteiger partial charge is 0.189 e. The van der Waals surface area contributed by atoms with E-state index in [-0.39, 0.29) is 0 Å². The van der Waals surface area contributed by atoms with E-state index < -0.39 is 47.8 Å². The maximum absolute atomic E-state index is 13.8. The van der Waals surface area contributed by atoms with Gasteiger partial charge in [0.2, 0.25) is 0 Å². The molecule has 0 aliphatic carbocycles. The third-order valence-electron chi connectivity index (χ3n) is 9.43. The Hall–Kier alpha value is -5.21. The van der Waals surface area contributed by atoms with Crippen molar-refractivity contribution in [1.29, 1.82) is 0 Å². The summed E-state index contributed by atoms with van der Waals surface area (Å²) in [6.45, 7) is -0.610. The van der Waals surface area contributed by atoms with Crippen molar-refractivity contribution in [2.75, 3.05) is 6.61 Å². The molecule has 0 aliphatic rings. The molecule has 0 saturated heterocycles. The number of Topliss-reactive ketones (excluding diaryl/α,β-unsaturated/α-hetero) is 1. The Labute approximate surface area is 292 Å². The van der Waals surface area contributed by atoms with Crippen molar-refractivity contribution in [3.05, 3.63) is 215 Å². The molecule has 0 bridgehead atoms. The van der Waals surface area contributed by atoms with Crippen LogP contribution in [0.2, 0.25) is 0 Å². The average molecular weight is 665 g/mol. The first kappa shape index (κ1) is 34.6. The summed E-state index contributed by atoms with van der Waals surface area (Å²) in [4.78, 5) is 13.8. The fourth-order valence-electron chi connectivity index (χ4n) is 6.97. The molecule has 0 heterocycles. The van der Waals surface area contributed by atoms with Gasteiger partial charge in [0.05, 0.1) is 5.41 Å². The molecular formula is C44H40O6. The maximum Gasteiger partial charge on any atom is 0.189 e. The molecule has 252 valence electrons. The first-order chi connectivity index (χ1) is 24.4. The SMILES string of the molecule is O=C(COC(c1ccccc1)(c1ccccc1)c1ccccc1)[C@@H](O)[C@H](O)[C@H](O)C(O)C(c1ccccc1)(c1ccccc1)c1ccccc1. The zero-order valence-corrected chi connectivity index (χ0v) is 27.4. The molecule has 0 saturated carbocycles. The second-order valence-electron chi connectivity index (χ2n) is 12.3. The molecule has 6 heteroatoms. The number of ether oxygens (including phenoxy) is 1. The van der Waals surface area contributed by atoms with Crippen LogP contribution in [-0.4, -0.2) is 57.2 Å². The molecule has 0 aliphatic heterocycles. The number of aliphatic hydroxyl groups excluding tert-OH is 4. The van der Waals surface area contributed by atoms with Crippen LogP contribution >= 0.6 is 0 Å². The van der Waals surface area contributed by atoms with Gasteiger partial charge in [-0.25, -0.2) is 0 Å². The van der Waals surface area contributed by atoms with Gasteiger partial charge < -0.3 is 25.2 Å². The molecule has 50 heavy (non-hydrogen) atoms. The van der Waals surface area contributed by atoms with E-state index in [0.717, 1.165) is 16.7 Å². The lowest BCUT2D eigenvalue weighted by Crippen LogP contribution is -2.56. The number of ketones is 1. The molecule has 0 radical (unpaired) electrons. The Morgan fingerprint density at radius 2 is 0.720 bits per heavy atom. The molecule has 0 fully saturated rings. The van der Waals surface area contributed by atoms with Crippen LogP contribution in [0.3, 0.4) is 0 Å². The summed E-state index contributed by atoms with van der Waals surface area (Å²) in [5, 5.41) is 46.8. The Morgan fingerprint density at radius 1 is 0.440 bits per heavy atom. The van der Waals surface area contributed by atoms with E-state index in [1.165, 1.54) is 0 Å². The Bertz CT molecular complexity index is 1730. The number of carbonyl (C=O) groups excluding carboxylic acids is 1. The van der Waals surface area contributed by atoms with Crippen LogP contribution < -0.4 is 0 Å². The van der Waals surface area contributed by atoms with Crippen LogP contribution in [0.15, 0.2) is 182 Å². The second kappa shape index (κ2) is 15.6. The van der Waals surface area contributed by atoms with Crippen LogP contribution in [0.4, 0.5) is 0 Å². The zero-order chi connectivity index (χ0) is 35.0. The van der Waals surface area contributed by atoms with E-state index in [1.807, 2.05) is 182 Å². The van der Waals surface area contributed by atoms with Crippen LogP contribution in [0.25, 0.3) is 0 Å². The average Bonchev–Trinajstić information content (AvgIpc) is 3.20. The summed E-state index contributed by atoms with van der Waals surface area (Å²) in [6, 6.07) is 56.0. The lowest BCUT2D eigenvalue weighted by Gasteiger charge is -2.43. The molecule has 6 aromatic carbocycles. The quantitative estimate of drug-likeness (QED) is 0.106. The van der Waals surface area contributed by atoms with Gasteiger partial charge in [0.15, 0.2) is 5.78 Å². The van der Waals surface area contributed by atoms with Gasteiger partial charge >= 0.3 is 0 Å². The van der Waals surface area contributed by atoms with Gasteiger partial charge in [-0.2, -0.15) is 0 Å². The monoisotopic (exact) mass is 664 g/mol. The lowest BCUT2D eigenvalue weighted by atomic mass is 9.64. The topological polar surface area (TPSA) is 107 Å². The van der Waals surface area contributed by atoms with Crippen molar-refractivity contribution < 1.29 is 30.0 Å². The standard InChI is InChI=1S/C44H40O6/c45-38(31-50-44(35-25-13-4-14-26-35,36-27-15-5-16-28-36)37-29-17-6-18-30-37)39(46)40(47)41(48)42(49)43(32-19-7-1-8-20-32,33-21-9-2-10-22-33)34-23-11-3-12-24-34/h1-30,39-42,46-49H,31H2/t39-,40+,41+,42?/m1/s1. The highest BCUT2D eigenvalue weighted by Crippen LogP contribution is 2.44. The van der Waals surface area contributed by atoms with E-state index in [1.54, 1.807) is 0 Å². The predicted molar refractivity (Wildman–Crippen MR) is 193 cm³/mol. The van der Waals surface area contributed by atoms with Gasteiger partial charge in [-0.1, -0.05) is 182 Å². The number of hydrogen-bond donors (Lipinski definition) is 4. The summed E-state index contributed by atoms with van der Waals surface area (Å²) >= 11 is 0. The molecule has 1 unspecified atom stereocenters. The van der Waals surface area contributed by atoms with Gasteiger partial charge in [0, 0.05) is 0 Å². The summed E-state index contributed by atoms with van der Waals surface area (Å²) in [5.41, 5.74) is 1.60. The number of benzene rings is 6. The highest BCUT2D eigenvalue weighted by atomic mass is 16.5. The lowest BCUT2D eigenvalue weighted by molar-refractivity contribution is -0.154. The fraction of sp³-hybridized carbons (Fsp3) is 0.159. The molecule has 6 aromatic rings. The van der Waals surface area contributed by atoms with Gasteiger partial charge in [-0.15, -0.1) is 0 Å². The number of rotatable bonds is 14. The molecule has 4 atom stereocenters. The van der Waals surface area contributed by atoms with Gasteiger partial charge in [-0.3, -0.25) is 4.79 Å².